The Balaban J connectivity index is 1.48. The Bertz CT molecular complexity index is 1120. The third-order valence-electron chi connectivity index (χ3n) is 5.02. The van der Waals surface area contributed by atoms with E-state index in [0.29, 0.717) is 15.7 Å². The first-order valence-electron chi connectivity index (χ1n) is 9.25. The lowest BCUT2D eigenvalue weighted by Crippen LogP contribution is -2.48. The number of aromatic nitrogens is 3. The SMILES string of the molecule is O=C(N[C@H]1CCC[C@H]1NC(=O)c1c(Cl)cncc1Cl)c1ccc2cncc(Br)c2n1. The van der Waals surface area contributed by atoms with Gasteiger partial charge in [0.25, 0.3) is 11.8 Å². The Morgan fingerprint density at radius 2 is 1.57 bits per heavy atom. The highest BCUT2D eigenvalue weighted by atomic mass is 79.9. The highest BCUT2D eigenvalue weighted by molar-refractivity contribution is 9.10. The highest BCUT2D eigenvalue weighted by Crippen LogP contribution is 2.25. The maximum absolute atomic E-state index is 12.8. The van der Waals surface area contributed by atoms with Crippen LogP contribution in [0, 0.1) is 0 Å². The van der Waals surface area contributed by atoms with E-state index in [-0.39, 0.29) is 39.5 Å². The Kier molecular flexibility index (Phi) is 6.17. The topological polar surface area (TPSA) is 96.9 Å². The van der Waals surface area contributed by atoms with Crippen LogP contribution >= 0.6 is 39.1 Å². The van der Waals surface area contributed by atoms with Crippen LogP contribution in [0.25, 0.3) is 10.9 Å². The van der Waals surface area contributed by atoms with Crippen LogP contribution in [-0.2, 0) is 0 Å². The van der Waals surface area contributed by atoms with Crippen molar-refractivity contribution in [2.24, 2.45) is 0 Å². The van der Waals surface area contributed by atoms with Crippen molar-refractivity contribution in [3.63, 3.8) is 0 Å². The summed E-state index contributed by atoms with van der Waals surface area (Å²) in [5, 5.41) is 7.12. The lowest BCUT2D eigenvalue weighted by atomic mass is 10.1. The minimum Gasteiger partial charge on any atom is -0.347 e. The number of hydrogen-bond donors (Lipinski definition) is 2. The molecular weight excluding hydrogens is 493 g/mol. The molecule has 0 aliphatic heterocycles. The zero-order valence-electron chi connectivity index (χ0n) is 15.5. The van der Waals surface area contributed by atoms with E-state index < -0.39 is 0 Å². The van der Waals surface area contributed by atoms with Gasteiger partial charge in [-0.3, -0.25) is 19.6 Å². The molecule has 2 amide bonds. The molecule has 3 aromatic heterocycles. The van der Waals surface area contributed by atoms with Gasteiger partial charge in [-0.15, -0.1) is 0 Å². The van der Waals surface area contributed by atoms with Crippen LogP contribution in [-0.4, -0.2) is 38.8 Å². The predicted octanol–water partition coefficient (Wildman–Crippen LogP) is 4.18. The van der Waals surface area contributed by atoms with Crippen LogP contribution in [0.2, 0.25) is 10.0 Å². The van der Waals surface area contributed by atoms with E-state index in [1.54, 1.807) is 24.5 Å². The van der Waals surface area contributed by atoms with Gasteiger partial charge in [0.2, 0.25) is 0 Å². The molecule has 30 heavy (non-hydrogen) atoms. The van der Waals surface area contributed by atoms with E-state index in [0.717, 1.165) is 24.6 Å². The number of rotatable bonds is 4. The first-order chi connectivity index (χ1) is 14.4. The number of nitrogens with one attached hydrogen (secondary N) is 2. The van der Waals surface area contributed by atoms with Crippen molar-refractivity contribution in [3.8, 4) is 0 Å². The third-order valence-corrected chi connectivity index (χ3v) is 6.17. The Hall–Kier alpha value is -2.29. The summed E-state index contributed by atoms with van der Waals surface area (Å²) in [6.45, 7) is 0. The Morgan fingerprint density at radius 1 is 0.933 bits per heavy atom. The van der Waals surface area contributed by atoms with Crippen LogP contribution in [0.5, 0.6) is 0 Å². The second kappa shape index (κ2) is 8.83. The quantitative estimate of drug-likeness (QED) is 0.551. The molecule has 1 aliphatic carbocycles. The van der Waals surface area contributed by atoms with Crippen molar-refractivity contribution in [1.82, 2.24) is 25.6 Å². The van der Waals surface area contributed by atoms with Crippen molar-refractivity contribution in [2.75, 3.05) is 0 Å². The van der Waals surface area contributed by atoms with Crippen molar-refractivity contribution in [3.05, 3.63) is 62.7 Å². The number of pyridine rings is 3. The average Bonchev–Trinajstić information content (AvgIpc) is 3.14. The van der Waals surface area contributed by atoms with Crippen LogP contribution in [0.4, 0.5) is 0 Å². The van der Waals surface area contributed by atoms with E-state index in [1.807, 2.05) is 0 Å². The third kappa shape index (κ3) is 4.26. The molecule has 3 aromatic rings. The summed E-state index contributed by atoms with van der Waals surface area (Å²) >= 11 is 15.6. The molecule has 2 atom stereocenters. The second-order valence-corrected chi connectivity index (χ2v) is 8.63. The van der Waals surface area contributed by atoms with Gasteiger partial charge in [-0.25, -0.2) is 4.98 Å². The average molecular weight is 509 g/mol. The molecular formula is C20H16BrCl2N5O2. The molecule has 0 unspecified atom stereocenters. The van der Waals surface area contributed by atoms with Gasteiger partial charge in [-0.1, -0.05) is 23.2 Å². The van der Waals surface area contributed by atoms with Gasteiger partial charge in [0.15, 0.2) is 0 Å². The van der Waals surface area contributed by atoms with Crippen molar-refractivity contribution in [2.45, 2.75) is 31.3 Å². The lowest BCUT2D eigenvalue weighted by molar-refractivity contribution is 0.0889. The van der Waals surface area contributed by atoms with Crippen molar-refractivity contribution in [1.29, 1.82) is 0 Å². The fraction of sp³-hybridized carbons (Fsp3) is 0.250. The number of hydrogen-bond acceptors (Lipinski definition) is 5. The summed E-state index contributed by atoms with van der Waals surface area (Å²) in [5.41, 5.74) is 1.14. The highest BCUT2D eigenvalue weighted by Gasteiger charge is 2.31. The molecule has 154 valence electrons. The fourth-order valence-corrected chi connectivity index (χ4v) is 4.52. The second-order valence-electron chi connectivity index (χ2n) is 6.96. The largest absolute Gasteiger partial charge is 0.347 e. The van der Waals surface area contributed by atoms with Gasteiger partial charge in [0.1, 0.15) is 5.69 Å². The molecule has 0 bridgehead atoms. The molecule has 0 spiro atoms. The monoisotopic (exact) mass is 507 g/mol. The van der Waals surface area contributed by atoms with Gasteiger partial charge < -0.3 is 10.6 Å². The number of fused-ring (bicyclic) bond motifs is 1. The van der Waals surface area contributed by atoms with Crippen molar-refractivity contribution < 1.29 is 9.59 Å². The summed E-state index contributed by atoms with van der Waals surface area (Å²) in [5.74, 6) is -0.689. The van der Waals surface area contributed by atoms with E-state index in [1.165, 1.54) is 12.4 Å². The minimum absolute atomic E-state index is 0.180. The van der Waals surface area contributed by atoms with Gasteiger partial charge >= 0.3 is 0 Å². The first-order valence-corrected chi connectivity index (χ1v) is 10.8. The molecule has 0 radical (unpaired) electrons. The Labute approximate surface area is 190 Å². The summed E-state index contributed by atoms with van der Waals surface area (Å²) in [4.78, 5) is 37.9. The maximum atomic E-state index is 12.8. The normalized spacial score (nSPS) is 18.4. The van der Waals surface area contributed by atoms with Crippen LogP contribution in [0.15, 0.2) is 41.4 Å². The molecule has 10 heteroatoms. The van der Waals surface area contributed by atoms with Crippen LogP contribution in [0.3, 0.4) is 0 Å². The summed E-state index contributed by atoms with van der Waals surface area (Å²) in [7, 11) is 0. The number of amides is 2. The van der Waals surface area contributed by atoms with Gasteiger partial charge in [-0.05, 0) is 47.3 Å². The molecule has 7 nitrogen and oxygen atoms in total. The van der Waals surface area contributed by atoms with Crippen LogP contribution < -0.4 is 10.6 Å². The molecule has 2 N–H and O–H groups in total. The van der Waals surface area contributed by atoms with E-state index >= 15 is 0 Å². The standard InChI is InChI=1S/C20H16BrCl2N5O2/c21-11-7-24-6-10-4-5-16(26-18(10)11)19(29)27-14-2-1-3-15(14)28-20(30)17-12(22)8-25-9-13(17)23/h4-9,14-15H,1-3H2,(H,27,29)(H,28,30)/t14-,15+/m0/s1. The molecule has 1 aliphatic rings. The van der Waals surface area contributed by atoms with Gasteiger partial charge in [0, 0.05) is 42.3 Å². The van der Waals surface area contributed by atoms with E-state index in [2.05, 4.69) is 41.5 Å². The number of carbonyl (C=O) groups excluding carboxylic acids is 2. The molecule has 1 saturated carbocycles. The molecule has 4 rings (SSSR count). The van der Waals surface area contributed by atoms with E-state index in [4.69, 9.17) is 23.2 Å². The van der Waals surface area contributed by atoms with Gasteiger partial charge in [0.05, 0.1) is 25.6 Å². The number of carbonyl (C=O) groups is 2. The summed E-state index contributed by atoms with van der Waals surface area (Å²) in [6.07, 6.45) is 8.41. The number of nitrogens with zero attached hydrogens (tertiary/aromatic N) is 3. The minimum atomic E-state index is -0.390. The van der Waals surface area contributed by atoms with Crippen molar-refractivity contribution >= 4 is 61.8 Å². The molecule has 1 fully saturated rings. The summed E-state index contributed by atoms with van der Waals surface area (Å²) < 4.78 is 0.715. The zero-order chi connectivity index (χ0) is 21.3. The number of halogens is 3. The van der Waals surface area contributed by atoms with E-state index in [9.17, 15) is 9.59 Å². The maximum Gasteiger partial charge on any atom is 0.270 e. The smallest absolute Gasteiger partial charge is 0.270 e. The molecule has 0 saturated heterocycles. The van der Waals surface area contributed by atoms with Crippen LogP contribution in [0.1, 0.15) is 40.1 Å². The molecule has 3 heterocycles. The van der Waals surface area contributed by atoms with Gasteiger partial charge in [-0.2, -0.15) is 0 Å². The molecule has 0 aromatic carbocycles. The fourth-order valence-electron chi connectivity index (χ4n) is 3.55. The lowest BCUT2D eigenvalue weighted by Gasteiger charge is -2.22. The predicted molar refractivity (Wildman–Crippen MR) is 118 cm³/mol. The summed E-state index contributed by atoms with van der Waals surface area (Å²) in [6, 6.07) is 3.00. The Morgan fingerprint density at radius 3 is 2.27 bits per heavy atom. The first kappa shape index (κ1) is 21.0. The zero-order valence-corrected chi connectivity index (χ0v) is 18.6.